The van der Waals surface area contributed by atoms with E-state index in [4.69, 9.17) is 15.7 Å². The van der Waals surface area contributed by atoms with Gasteiger partial charge in [-0.1, -0.05) is 11.2 Å². The number of oxime groups is 1. The third-order valence-electron chi connectivity index (χ3n) is 3.27. The fourth-order valence-electron chi connectivity index (χ4n) is 2.29. The van der Waals surface area contributed by atoms with Gasteiger partial charge in [0, 0.05) is 12.6 Å². The van der Waals surface area contributed by atoms with Crippen LogP contribution in [0.1, 0.15) is 19.4 Å². The van der Waals surface area contributed by atoms with Gasteiger partial charge in [0.1, 0.15) is 5.82 Å². The van der Waals surface area contributed by atoms with Crippen LogP contribution in [0.2, 0.25) is 0 Å². The van der Waals surface area contributed by atoms with Crippen molar-refractivity contribution in [1.29, 1.82) is 0 Å². The molecule has 0 spiro atoms. The summed E-state index contributed by atoms with van der Waals surface area (Å²) in [6.45, 7) is 5.15. The highest BCUT2D eigenvalue weighted by Gasteiger charge is 2.27. The van der Waals surface area contributed by atoms with Crippen molar-refractivity contribution in [3.8, 4) is 0 Å². The molecule has 104 valence electrons. The van der Waals surface area contributed by atoms with Crippen LogP contribution in [0.5, 0.6) is 0 Å². The van der Waals surface area contributed by atoms with Gasteiger partial charge in [-0.15, -0.1) is 0 Å². The van der Waals surface area contributed by atoms with E-state index in [9.17, 15) is 4.39 Å². The predicted molar refractivity (Wildman–Crippen MR) is 71.1 cm³/mol. The van der Waals surface area contributed by atoms with E-state index in [1.807, 2.05) is 18.7 Å². The highest BCUT2D eigenvalue weighted by Crippen LogP contribution is 2.27. The van der Waals surface area contributed by atoms with E-state index in [2.05, 4.69) is 5.16 Å². The van der Waals surface area contributed by atoms with Gasteiger partial charge in [-0.2, -0.15) is 0 Å². The fourth-order valence-corrected chi connectivity index (χ4v) is 2.29. The zero-order valence-corrected chi connectivity index (χ0v) is 11.0. The van der Waals surface area contributed by atoms with Crippen LogP contribution < -0.4 is 10.6 Å². The van der Waals surface area contributed by atoms with Crippen molar-refractivity contribution < 1.29 is 14.3 Å². The van der Waals surface area contributed by atoms with Crippen molar-refractivity contribution in [2.45, 2.75) is 26.0 Å². The average molecular weight is 267 g/mol. The molecule has 1 aliphatic heterocycles. The van der Waals surface area contributed by atoms with Crippen LogP contribution >= 0.6 is 0 Å². The molecule has 1 aromatic rings. The molecule has 0 aliphatic carbocycles. The number of benzene rings is 1. The lowest BCUT2D eigenvalue weighted by molar-refractivity contribution is 0.0343. The minimum Gasteiger partial charge on any atom is -0.409 e. The molecule has 1 saturated heterocycles. The number of nitrogens with two attached hydrogens (primary N) is 1. The third kappa shape index (κ3) is 2.63. The van der Waals surface area contributed by atoms with Gasteiger partial charge < -0.3 is 20.6 Å². The molecule has 1 aromatic carbocycles. The molecule has 5 nitrogen and oxygen atoms in total. The smallest absolute Gasteiger partial charge is 0.175 e. The molecular weight excluding hydrogens is 249 g/mol. The van der Waals surface area contributed by atoms with Gasteiger partial charge in [0.05, 0.1) is 24.0 Å². The highest BCUT2D eigenvalue weighted by molar-refractivity contribution is 6.02. The quantitative estimate of drug-likeness (QED) is 0.369. The Morgan fingerprint density at radius 3 is 2.95 bits per heavy atom. The number of nitrogens with zero attached hydrogens (tertiary/aromatic N) is 2. The summed E-state index contributed by atoms with van der Waals surface area (Å²) in [7, 11) is 0. The van der Waals surface area contributed by atoms with Crippen LogP contribution in [-0.2, 0) is 4.74 Å². The second-order valence-corrected chi connectivity index (χ2v) is 4.76. The summed E-state index contributed by atoms with van der Waals surface area (Å²) in [5, 5.41) is 11.7. The van der Waals surface area contributed by atoms with E-state index in [0.29, 0.717) is 18.8 Å². The SMILES string of the molecule is CC1CN(c2cccc(F)c2C(N)=NO)C(C)CO1. The zero-order chi connectivity index (χ0) is 14.0. The number of ether oxygens (including phenoxy) is 1. The summed E-state index contributed by atoms with van der Waals surface area (Å²) in [5.41, 5.74) is 6.34. The van der Waals surface area contributed by atoms with E-state index >= 15 is 0 Å². The molecule has 2 rings (SSSR count). The van der Waals surface area contributed by atoms with Gasteiger partial charge in [-0.25, -0.2) is 4.39 Å². The van der Waals surface area contributed by atoms with Gasteiger partial charge in [-0.05, 0) is 26.0 Å². The maximum atomic E-state index is 13.9. The van der Waals surface area contributed by atoms with Crippen molar-refractivity contribution in [2.75, 3.05) is 18.1 Å². The van der Waals surface area contributed by atoms with Crippen LogP contribution in [-0.4, -0.2) is 36.3 Å². The van der Waals surface area contributed by atoms with E-state index in [1.54, 1.807) is 12.1 Å². The van der Waals surface area contributed by atoms with Gasteiger partial charge >= 0.3 is 0 Å². The molecular formula is C13H18FN3O2. The molecule has 19 heavy (non-hydrogen) atoms. The third-order valence-corrected chi connectivity index (χ3v) is 3.27. The van der Waals surface area contributed by atoms with Crippen LogP contribution in [0.4, 0.5) is 10.1 Å². The summed E-state index contributed by atoms with van der Waals surface area (Å²) in [5.74, 6) is -0.724. The Hall–Kier alpha value is -1.82. The van der Waals surface area contributed by atoms with Gasteiger partial charge in [0.15, 0.2) is 5.84 Å². The number of halogens is 1. The Kier molecular flexibility index (Phi) is 3.90. The van der Waals surface area contributed by atoms with Crippen LogP contribution in [0, 0.1) is 5.82 Å². The van der Waals surface area contributed by atoms with Crippen molar-refractivity contribution in [3.63, 3.8) is 0 Å². The standard InChI is InChI=1S/C13H18FN3O2/c1-8-7-19-9(2)6-17(8)11-5-3-4-10(14)12(11)13(15)16-18/h3-5,8-9,18H,6-7H2,1-2H3,(H2,15,16). The molecule has 1 fully saturated rings. The molecule has 2 atom stereocenters. The number of hydrogen-bond acceptors (Lipinski definition) is 4. The molecule has 3 N–H and O–H groups in total. The Labute approximate surface area is 111 Å². The fraction of sp³-hybridized carbons (Fsp3) is 0.462. The summed E-state index contributed by atoms with van der Waals surface area (Å²) < 4.78 is 19.5. The van der Waals surface area contributed by atoms with Crippen LogP contribution in [0.15, 0.2) is 23.4 Å². The lowest BCUT2D eigenvalue weighted by Crippen LogP contribution is -2.48. The molecule has 0 amide bonds. The zero-order valence-electron chi connectivity index (χ0n) is 11.0. The second kappa shape index (κ2) is 5.44. The summed E-state index contributed by atoms with van der Waals surface area (Å²) in [6, 6.07) is 4.78. The number of hydrogen-bond donors (Lipinski definition) is 2. The summed E-state index contributed by atoms with van der Waals surface area (Å²) in [4.78, 5) is 2.02. The molecule has 0 aromatic heterocycles. The van der Waals surface area contributed by atoms with Gasteiger partial charge in [-0.3, -0.25) is 0 Å². The predicted octanol–water partition coefficient (Wildman–Crippen LogP) is 1.53. The molecule has 1 aliphatic rings. The first-order chi connectivity index (χ1) is 9.04. The minimum atomic E-state index is -0.501. The summed E-state index contributed by atoms with van der Waals surface area (Å²) in [6.07, 6.45) is 0.0552. The van der Waals surface area contributed by atoms with Crippen molar-refractivity contribution in [1.82, 2.24) is 0 Å². The van der Waals surface area contributed by atoms with Gasteiger partial charge in [0.2, 0.25) is 0 Å². The van der Waals surface area contributed by atoms with E-state index in [-0.39, 0.29) is 23.5 Å². The van der Waals surface area contributed by atoms with Crippen molar-refractivity contribution in [2.24, 2.45) is 10.9 Å². The largest absolute Gasteiger partial charge is 0.409 e. The van der Waals surface area contributed by atoms with Gasteiger partial charge in [0.25, 0.3) is 0 Å². The Morgan fingerprint density at radius 1 is 1.53 bits per heavy atom. The Bertz CT molecular complexity index is 493. The number of rotatable bonds is 2. The monoisotopic (exact) mass is 267 g/mol. The minimum absolute atomic E-state index is 0.0552. The number of anilines is 1. The van der Waals surface area contributed by atoms with E-state index in [1.165, 1.54) is 6.07 Å². The first-order valence-corrected chi connectivity index (χ1v) is 6.19. The molecule has 0 radical (unpaired) electrons. The molecule has 6 heteroatoms. The van der Waals surface area contributed by atoms with Crippen LogP contribution in [0.3, 0.4) is 0 Å². The van der Waals surface area contributed by atoms with E-state index < -0.39 is 5.82 Å². The Morgan fingerprint density at radius 2 is 2.26 bits per heavy atom. The normalized spacial score (nSPS) is 24.6. The first-order valence-electron chi connectivity index (χ1n) is 6.19. The molecule has 0 saturated carbocycles. The molecule has 2 unspecified atom stereocenters. The Balaban J connectivity index is 2.46. The first kappa shape index (κ1) is 13.6. The average Bonchev–Trinajstić information content (AvgIpc) is 2.40. The lowest BCUT2D eigenvalue weighted by atomic mass is 10.1. The highest BCUT2D eigenvalue weighted by atomic mass is 19.1. The maximum Gasteiger partial charge on any atom is 0.175 e. The number of morpholine rings is 1. The maximum absolute atomic E-state index is 13.9. The molecule has 1 heterocycles. The number of amidine groups is 1. The topological polar surface area (TPSA) is 71.1 Å². The van der Waals surface area contributed by atoms with Crippen LogP contribution in [0.25, 0.3) is 0 Å². The molecule has 0 bridgehead atoms. The van der Waals surface area contributed by atoms with E-state index in [0.717, 1.165) is 0 Å². The van der Waals surface area contributed by atoms with Crippen molar-refractivity contribution >= 4 is 11.5 Å². The lowest BCUT2D eigenvalue weighted by Gasteiger charge is -2.39. The second-order valence-electron chi connectivity index (χ2n) is 4.76. The van der Waals surface area contributed by atoms with Crippen molar-refractivity contribution in [3.05, 3.63) is 29.6 Å². The summed E-state index contributed by atoms with van der Waals surface area (Å²) >= 11 is 0.